The van der Waals surface area contributed by atoms with Crippen LogP contribution in [0.25, 0.3) is 0 Å². The molecule has 5 heteroatoms. The number of nitrogens with zero attached hydrogens (tertiary/aromatic N) is 1. The van der Waals surface area contributed by atoms with E-state index in [9.17, 15) is 8.42 Å². The molecule has 0 saturated carbocycles. The zero-order valence-electron chi connectivity index (χ0n) is 9.99. The fraction of sp³-hybridized carbons (Fsp3) is 0.818. The highest BCUT2D eigenvalue weighted by Crippen LogP contribution is 2.17. The van der Waals surface area contributed by atoms with E-state index in [2.05, 4.69) is 17.2 Å². The number of hydrogen-bond donors (Lipinski definition) is 1. The molecule has 1 aliphatic heterocycles. The molecule has 1 atom stereocenters. The van der Waals surface area contributed by atoms with Crippen LogP contribution >= 0.6 is 0 Å². The quantitative estimate of drug-likeness (QED) is 0.570. The van der Waals surface area contributed by atoms with Crippen LogP contribution in [0.2, 0.25) is 0 Å². The van der Waals surface area contributed by atoms with E-state index in [-0.39, 0.29) is 0 Å². The largest absolute Gasteiger partial charge is 0.306 e. The second-order valence-corrected chi connectivity index (χ2v) is 6.17. The summed E-state index contributed by atoms with van der Waals surface area (Å²) in [6.07, 6.45) is 3.34. The Bertz CT molecular complexity index is 367. The normalized spacial score (nSPS) is 22.5. The molecule has 16 heavy (non-hydrogen) atoms. The fourth-order valence-corrected chi connectivity index (χ4v) is 2.86. The van der Waals surface area contributed by atoms with Crippen molar-refractivity contribution in [3.05, 3.63) is 0 Å². The van der Waals surface area contributed by atoms with Crippen LogP contribution in [0.4, 0.5) is 0 Å². The Labute approximate surface area is 98.5 Å². The highest BCUT2D eigenvalue weighted by Gasteiger charge is 2.25. The monoisotopic (exact) mass is 244 g/mol. The first-order chi connectivity index (χ1) is 7.54. The Morgan fingerprint density at radius 3 is 2.88 bits per heavy atom. The molecular formula is C11H20N2O2S. The minimum Gasteiger partial charge on any atom is -0.306 e. The predicted molar refractivity (Wildman–Crippen MR) is 65.5 cm³/mol. The summed E-state index contributed by atoms with van der Waals surface area (Å²) < 4.78 is 24.4. The van der Waals surface area contributed by atoms with Crippen LogP contribution in [0.3, 0.4) is 0 Å². The lowest BCUT2D eigenvalue weighted by molar-refractivity contribution is 0.263. The van der Waals surface area contributed by atoms with Crippen molar-refractivity contribution in [2.75, 3.05) is 32.4 Å². The van der Waals surface area contributed by atoms with E-state index in [0.717, 1.165) is 19.4 Å². The van der Waals surface area contributed by atoms with Gasteiger partial charge in [-0.3, -0.25) is 0 Å². The van der Waals surface area contributed by atoms with E-state index >= 15 is 0 Å². The molecule has 0 spiro atoms. The van der Waals surface area contributed by atoms with Crippen molar-refractivity contribution < 1.29 is 8.42 Å². The highest BCUT2D eigenvalue weighted by molar-refractivity contribution is 7.88. The topological polar surface area (TPSA) is 49.4 Å². The van der Waals surface area contributed by atoms with Crippen molar-refractivity contribution in [3.8, 4) is 11.8 Å². The summed E-state index contributed by atoms with van der Waals surface area (Å²) in [5, 5.41) is 3.23. The maximum Gasteiger partial charge on any atom is 0.211 e. The summed E-state index contributed by atoms with van der Waals surface area (Å²) in [6, 6.07) is 0. The van der Waals surface area contributed by atoms with Crippen LogP contribution in [-0.4, -0.2) is 45.2 Å². The fourth-order valence-electron chi connectivity index (χ4n) is 1.92. The Morgan fingerprint density at radius 2 is 2.25 bits per heavy atom. The van der Waals surface area contributed by atoms with Gasteiger partial charge in [-0.25, -0.2) is 12.7 Å². The lowest BCUT2D eigenvalue weighted by Gasteiger charge is -2.30. The molecule has 0 aliphatic carbocycles. The molecule has 1 fully saturated rings. The van der Waals surface area contributed by atoms with Gasteiger partial charge in [0.2, 0.25) is 10.0 Å². The van der Waals surface area contributed by atoms with Gasteiger partial charge in [-0.1, -0.05) is 5.92 Å². The van der Waals surface area contributed by atoms with Crippen molar-refractivity contribution in [2.24, 2.45) is 5.92 Å². The molecule has 4 nitrogen and oxygen atoms in total. The molecule has 0 aromatic rings. The molecule has 1 aliphatic rings. The van der Waals surface area contributed by atoms with Gasteiger partial charge in [0.25, 0.3) is 0 Å². The molecule has 1 N–H and O–H groups in total. The summed E-state index contributed by atoms with van der Waals surface area (Å²) in [5.74, 6) is 6.17. The van der Waals surface area contributed by atoms with E-state index < -0.39 is 10.0 Å². The van der Waals surface area contributed by atoms with Gasteiger partial charge in [0, 0.05) is 19.6 Å². The number of rotatable bonds is 4. The second kappa shape index (κ2) is 6.24. The highest BCUT2D eigenvalue weighted by atomic mass is 32.2. The van der Waals surface area contributed by atoms with Gasteiger partial charge in [0.15, 0.2) is 0 Å². The van der Waals surface area contributed by atoms with E-state index in [1.165, 1.54) is 6.26 Å². The number of hydrogen-bond acceptors (Lipinski definition) is 3. The minimum absolute atomic E-state index is 0.419. The molecule has 0 aromatic heterocycles. The molecule has 1 saturated heterocycles. The summed E-state index contributed by atoms with van der Waals surface area (Å²) in [6.45, 7) is 4.66. The third-order valence-corrected chi connectivity index (χ3v) is 4.04. The SMILES string of the molecule is CC#CCNCC1CCCN(S(C)(=O)=O)C1. The lowest BCUT2D eigenvalue weighted by atomic mass is 10.00. The van der Waals surface area contributed by atoms with Crippen molar-refractivity contribution >= 4 is 10.0 Å². The molecule has 0 radical (unpaired) electrons. The van der Waals surface area contributed by atoms with Crippen LogP contribution in [0, 0.1) is 17.8 Å². The van der Waals surface area contributed by atoms with Crippen LogP contribution in [0.5, 0.6) is 0 Å². The van der Waals surface area contributed by atoms with Gasteiger partial charge in [0.05, 0.1) is 12.8 Å². The lowest BCUT2D eigenvalue weighted by Crippen LogP contribution is -2.42. The van der Waals surface area contributed by atoms with E-state index in [1.54, 1.807) is 4.31 Å². The standard InChI is InChI=1S/C11H20N2O2S/c1-3-4-7-12-9-11-6-5-8-13(10-11)16(2,14)15/h11-12H,5-10H2,1-2H3. The predicted octanol–water partition coefficient (Wildman–Crippen LogP) is 0.271. The Kier molecular flexibility index (Phi) is 5.26. The molecular weight excluding hydrogens is 224 g/mol. The molecule has 1 heterocycles. The zero-order chi connectivity index (χ0) is 12.0. The first-order valence-electron chi connectivity index (χ1n) is 5.59. The van der Waals surface area contributed by atoms with E-state index in [0.29, 0.717) is 25.6 Å². The average Bonchev–Trinajstić information content (AvgIpc) is 2.24. The van der Waals surface area contributed by atoms with Gasteiger partial charge >= 0.3 is 0 Å². The van der Waals surface area contributed by atoms with Crippen molar-refractivity contribution in [1.82, 2.24) is 9.62 Å². The molecule has 92 valence electrons. The first-order valence-corrected chi connectivity index (χ1v) is 7.44. The van der Waals surface area contributed by atoms with Gasteiger partial charge in [-0.2, -0.15) is 0 Å². The van der Waals surface area contributed by atoms with Crippen LogP contribution in [-0.2, 0) is 10.0 Å². The number of sulfonamides is 1. The Morgan fingerprint density at radius 1 is 1.50 bits per heavy atom. The average molecular weight is 244 g/mol. The Hall–Kier alpha value is -0.570. The van der Waals surface area contributed by atoms with Crippen molar-refractivity contribution in [3.63, 3.8) is 0 Å². The third kappa shape index (κ3) is 4.52. The Balaban J connectivity index is 2.35. The maximum absolute atomic E-state index is 11.4. The van der Waals surface area contributed by atoms with Crippen LogP contribution in [0.1, 0.15) is 19.8 Å². The van der Waals surface area contributed by atoms with Crippen molar-refractivity contribution in [1.29, 1.82) is 0 Å². The molecule has 1 rings (SSSR count). The van der Waals surface area contributed by atoms with Crippen molar-refractivity contribution in [2.45, 2.75) is 19.8 Å². The number of nitrogens with one attached hydrogen (secondary N) is 1. The molecule has 1 unspecified atom stereocenters. The van der Waals surface area contributed by atoms with E-state index in [1.807, 2.05) is 6.92 Å². The minimum atomic E-state index is -3.02. The van der Waals surface area contributed by atoms with E-state index in [4.69, 9.17) is 0 Å². The molecule has 0 aromatic carbocycles. The zero-order valence-corrected chi connectivity index (χ0v) is 10.8. The molecule has 0 amide bonds. The maximum atomic E-state index is 11.4. The van der Waals surface area contributed by atoms with Crippen LogP contribution < -0.4 is 5.32 Å². The van der Waals surface area contributed by atoms with Gasteiger partial charge in [0.1, 0.15) is 0 Å². The summed E-state index contributed by atoms with van der Waals surface area (Å²) in [5.41, 5.74) is 0. The van der Waals surface area contributed by atoms with Gasteiger partial charge in [-0.05, 0) is 25.7 Å². The van der Waals surface area contributed by atoms with Crippen LogP contribution in [0.15, 0.2) is 0 Å². The molecule has 0 bridgehead atoms. The second-order valence-electron chi connectivity index (χ2n) is 4.19. The van der Waals surface area contributed by atoms with Gasteiger partial charge < -0.3 is 5.32 Å². The smallest absolute Gasteiger partial charge is 0.211 e. The first kappa shape index (κ1) is 13.5. The number of piperidine rings is 1. The summed E-state index contributed by atoms with van der Waals surface area (Å²) in [7, 11) is -3.02. The van der Waals surface area contributed by atoms with Gasteiger partial charge in [-0.15, -0.1) is 5.92 Å². The summed E-state index contributed by atoms with van der Waals surface area (Å²) in [4.78, 5) is 0. The third-order valence-electron chi connectivity index (χ3n) is 2.77. The summed E-state index contributed by atoms with van der Waals surface area (Å²) >= 11 is 0.